The van der Waals surface area contributed by atoms with Crippen LogP contribution in [0.15, 0.2) is 83.3 Å². The molecule has 1 saturated heterocycles. The molecule has 8 rings (SSSR count). The minimum absolute atomic E-state index is 0.0707. The van der Waals surface area contributed by atoms with E-state index in [0.717, 1.165) is 55.1 Å². The van der Waals surface area contributed by atoms with Crippen molar-refractivity contribution in [2.24, 2.45) is 0 Å². The van der Waals surface area contributed by atoms with Gasteiger partial charge in [-0.2, -0.15) is 13.2 Å². The van der Waals surface area contributed by atoms with Crippen molar-refractivity contribution >= 4 is 16.8 Å². The zero-order valence-corrected chi connectivity index (χ0v) is 25.1. The van der Waals surface area contributed by atoms with Crippen molar-refractivity contribution < 1.29 is 31.9 Å². The highest BCUT2D eigenvalue weighted by molar-refractivity contribution is 5.94. The van der Waals surface area contributed by atoms with Crippen molar-refractivity contribution in [2.45, 2.75) is 38.0 Å². The van der Waals surface area contributed by atoms with Gasteiger partial charge in [-0.25, -0.2) is 0 Å². The minimum Gasteiger partial charge on any atom is -0.454 e. The number of hydrogen-bond donors (Lipinski definition) is 0. The van der Waals surface area contributed by atoms with E-state index in [1.54, 1.807) is 18.2 Å². The predicted molar refractivity (Wildman–Crippen MR) is 166 cm³/mol. The zero-order valence-electron chi connectivity index (χ0n) is 25.1. The van der Waals surface area contributed by atoms with Crippen LogP contribution in [-0.2, 0) is 19.1 Å². The monoisotopic (exact) mass is 627 g/mol. The summed E-state index contributed by atoms with van der Waals surface area (Å²) in [6.45, 7) is 4.43. The fourth-order valence-corrected chi connectivity index (χ4v) is 7.21. The van der Waals surface area contributed by atoms with Gasteiger partial charge in [0.1, 0.15) is 5.76 Å². The average Bonchev–Trinajstić information content (AvgIpc) is 3.89. The quantitative estimate of drug-likeness (QED) is 0.195. The van der Waals surface area contributed by atoms with E-state index < -0.39 is 17.8 Å². The van der Waals surface area contributed by atoms with Crippen molar-refractivity contribution in [1.29, 1.82) is 0 Å². The van der Waals surface area contributed by atoms with Crippen molar-refractivity contribution in [1.82, 2.24) is 14.4 Å². The highest BCUT2D eigenvalue weighted by Gasteiger charge is 2.39. The van der Waals surface area contributed by atoms with Gasteiger partial charge in [0.2, 0.25) is 6.79 Å². The number of hydrogen-bond acceptors (Lipinski definition) is 5. The van der Waals surface area contributed by atoms with Crippen LogP contribution in [0.1, 0.15) is 51.8 Å². The third-order valence-electron chi connectivity index (χ3n) is 9.40. The topological polar surface area (TPSA) is 60.1 Å². The predicted octanol–water partition coefficient (Wildman–Crippen LogP) is 7.53. The van der Waals surface area contributed by atoms with Crippen molar-refractivity contribution in [3.05, 3.63) is 107 Å². The Kier molecular flexibility index (Phi) is 7.05. The van der Waals surface area contributed by atoms with Crippen molar-refractivity contribution in [2.75, 3.05) is 33.0 Å². The van der Waals surface area contributed by atoms with Gasteiger partial charge in [0, 0.05) is 41.8 Å². The van der Waals surface area contributed by atoms with E-state index in [0.29, 0.717) is 24.5 Å². The molecule has 10 heteroatoms. The number of alkyl halides is 3. The van der Waals surface area contributed by atoms with E-state index in [2.05, 4.69) is 33.7 Å². The lowest BCUT2D eigenvalue weighted by atomic mass is 9.91. The van der Waals surface area contributed by atoms with E-state index >= 15 is 0 Å². The van der Waals surface area contributed by atoms with Crippen LogP contribution in [-0.4, -0.2) is 53.2 Å². The van der Waals surface area contributed by atoms with E-state index in [-0.39, 0.29) is 29.8 Å². The number of ether oxygens (including phenoxy) is 2. The molecule has 0 spiro atoms. The molecule has 1 fully saturated rings. The number of carbonyl (C=O) groups is 1. The van der Waals surface area contributed by atoms with Crippen LogP contribution in [0.5, 0.6) is 11.5 Å². The van der Waals surface area contributed by atoms with Gasteiger partial charge in [-0.3, -0.25) is 4.79 Å². The number of para-hydroxylation sites is 1. The van der Waals surface area contributed by atoms with Crippen LogP contribution < -0.4 is 9.47 Å². The lowest BCUT2D eigenvalue weighted by molar-refractivity contribution is -0.137. The molecule has 0 N–H and O–H groups in total. The van der Waals surface area contributed by atoms with Gasteiger partial charge in [-0.1, -0.05) is 36.4 Å². The smallest absolute Gasteiger partial charge is 0.416 e. The first kappa shape index (κ1) is 28.8. The summed E-state index contributed by atoms with van der Waals surface area (Å²) in [6, 6.07) is 21.8. The molecule has 46 heavy (non-hydrogen) atoms. The molecular weight excluding hydrogens is 595 g/mol. The first-order valence-electron chi connectivity index (χ1n) is 15.7. The summed E-state index contributed by atoms with van der Waals surface area (Å²) in [5.41, 5.74) is 3.77. The number of nitrogens with zero attached hydrogens (tertiary/aromatic N) is 3. The number of fused-ring (bicyclic) bond motifs is 4. The lowest BCUT2D eigenvalue weighted by Crippen LogP contribution is -2.41. The molecule has 236 valence electrons. The van der Waals surface area contributed by atoms with Crippen LogP contribution in [0, 0.1) is 0 Å². The fourth-order valence-electron chi connectivity index (χ4n) is 7.21. The summed E-state index contributed by atoms with van der Waals surface area (Å²) in [5, 5.41) is 1.18. The van der Waals surface area contributed by atoms with E-state index in [4.69, 9.17) is 13.9 Å². The number of aromatic nitrogens is 1. The second kappa shape index (κ2) is 11.3. The molecule has 2 aromatic heterocycles. The number of rotatable bonds is 6. The first-order chi connectivity index (χ1) is 22.3. The third-order valence-corrected chi connectivity index (χ3v) is 9.40. The van der Waals surface area contributed by atoms with Gasteiger partial charge in [-0.05, 0) is 85.9 Å². The molecule has 3 aliphatic heterocycles. The van der Waals surface area contributed by atoms with Gasteiger partial charge in [0.25, 0.3) is 5.91 Å². The summed E-state index contributed by atoms with van der Waals surface area (Å²) in [5.74, 6) is 1.22. The van der Waals surface area contributed by atoms with Crippen LogP contribution in [0.3, 0.4) is 0 Å². The maximum Gasteiger partial charge on any atom is 0.416 e. The Morgan fingerprint density at radius 2 is 1.67 bits per heavy atom. The lowest BCUT2D eigenvalue weighted by Gasteiger charge is -2.37. The molecule has 3 aliphatic rings. The van der Waals surface area contributed by atoms with Crippen molar-refractivity contribution in [3.63, 3.8) is 0 Å². The van der Waals surface area contributed by atoms with E-state index in [1.165, 1.54) is 29.9 Å². The van der Waals surface area contributed by atoms with Gasteiger partial charge in [0.15, 0.2) is 17.3 Å². The van der Waals surface area contributed by atoms with Crippen molar-refractivity contribution in [3.8, 4) is 22.8 Å². The molecule has 7 nitrogen and oxygen atoms in total. The maximum atomic E-state index is 14.4. The number of amides is 1. The number of halogens is 3. The first-order valence-corrected chi connectivity index (χ1v) is 15.7. The summed E-state index contributed by atoms with van der Waals surface area (Å²) in [6.07, 6.45) is -1.42. The Hall–Kier alpha value is -4.70. The Morgan fingerprint density at radius 1 is 0.848 bits per heavy atom. The van der Waals surface area contributed by atoms with E-state index in [1.807, 2.05) is 23.1 Å². The highest BCUT2D eigenvalue weighted by Crippen LogP contribution is 2.44. The molecule has 3 aromatic carbocycles. The Labute approximate surface area is 263 Å². The van der Waals surface area contributed by atoms with Gasteiger partial charge < -0.3 is 28.3 Å². The summed E-state index contributed by atoms with van der Waals surface area (Å²) >= 11 is 0. The molecule has 0 radical (unpaired) electrons. The molecule has 1 atom stereocenters. The molecule has 1 unspecified atom stereocenters. The van der Waals surface area contributed by atoms with Gasteiger partial charge >= 0.3 is 6.18 Å². The molecule has 0 saturated carbocycles. The largest absolute Gasteiger partial charge is 0.454 e. The number of carbonyl (C=O) groups excluding carboxylic acids is 1. The standard InChI is InChI=1S/C36H32F3N3O4/c37-36(38,39)25-7-5-6-23(20-25)29-12-13-31(46-29)35(43)42-17-14-27-26-8-1-2-9-28(26)41(19-18-40-15-3-4-16-40)34(27)33(42)24-10-11-30-32(21-24)45-22-44-30/h1-2,5-13,20-21,33H,3-4,14-19,22H2. The Bertz CT molecular complexity index is 1940. The Morgan fingerprint density at radius 3 is 2.52 bits per heavy atom. The van der Waals surface area contributed by atoms with E-state index in [9.17, 15) is 18.0 Å². The summed E-state index contributed by atoms with van der Waals surface area (Å²) < 4.78 is 59.9. The molecular formula is C36H32F3N3O4. The average molecular weight is 628 g/mol. The SMILES string of the molecule is O=C(c1ccc(-c2cccc(C(F)(F)F)c2)o1)N1CCc2c(n(CCN3CCCC3)c3ccccc23)C1c1ccc2c(c1)OCO2. The molecule has 5 heterocycles. The zero-order chi connectivity index (χ0) is 31.4. The second-order valence-corrected chi connectivity index (χ2v) is 12.1. The number of benzene rings is 3. The number of likely N-dealkylation sites (tertiary alicyclic amines) is 1. The van der Waals surface area contributed by atoms with Crippen LogP contribution in [0.25, 0.3) is 22.2 Å². The molecule has 1 amide bonds. The molecule has 0 aliphatic carbocycles. The molecule has 5 aromatic rings. The number of furan rings is 1. The Balaban J connectivity index is 1.21. The normalized spacial score (nSPS) is 18.0. The fraction of sp³-hybridized carbons (Fsp3) is 0.306. The van der Waals surface area contributed by atoms with Crippen LogP contribution >= 0.6 is 0 Å². The van der Waals surface area contributed by atoms with Gasteiger partial charge in [-0.15, -0.1) is 0 Å². The minimum atomic E-state index is -4.49. The summed E-state index contributed by atoms with van der Waals surface area (Å²) in [7, 11) is 0. The maximum absolute atomic E-state index is 14.4. The highest BCUT2D eigenvalue weighted by atomic mass is 19.4. The molecule has 0 bridgehead atoms. The van der Waals surface area contributed by atoms with Crippen LogP contribution in [0.2, 0.25) is 0 Å². The third kappa shape index (κ3) is 5.01. The van der Waals surface area contributed by atoms with Gasteiger partial charge in [0.05, 0.1) is 11.6 Å². The summed E-state index contributed by atoms with van der Waals surface area (Å²) in [4.78, 5) is 18.7. The second-order valence-electron chi connectivity index (χ2n) is 12.1. The van der Waals surface area contributed by atoms with Crippen LogP contribution in [0.4, 0.5) is 13.2 Å².